The zero-order valence-corrected chi connectivity index (χ0v) is 14.7. The van der Waals surface area contributed by atoms with E-state index in [0.29, 0.717) is 11.6 Å². The van der Waals surface area contributed by atoms with Crippen LogP contribution in [0.3, 0.4) is 0 Å². The molecule has 1 amide bonds. The van der Waals surface area contributed by atoms with Gasteiger partial charge in [-0.1, -0.05) is 29.8 Å². The van der Waals surface area contributed by atoms with Gasteiger partial charge in [-0.25, -0.2) is 4.79 Å². The van der Waals surface area contributed by atoms with Gasteiger partial charge in [-0.3, -0.25) is 4.79 Å². The Morgan fingerprint density at radius 1 is 1.25 bits per heavy atom. The molecule has 0 spiro atoms. The fourth-order valence-corrected chi connectivity index (χ4v) is 3.30. The number of carbonyl (C=O) groups excluding carboxylic acids is 2. The molecule has 0 saturated carbocycles. The van der Waals surface area contributed by atoms with Crippen LogP contribution in [0.1, 0.15) is 15.9 Å². The van der Waals surface area contributed by atoms with Crippen molar-refractivity contribution in [3.05, 3.63) is 58.6 Å². The Morgan fingerprint density at radius 3 is 2.83 bits per heavy atom. The maximum Gasteiger partial charge on any atom is 0.340 e. The normalized spacial score (nSPS) is 12.8. The molecule has 2 aromatic carbocycles. The molecular weight excluding hydrogens is 346 g/mol. The Morgan fingerprint density at radius 2 is 2.04 bits per heavy atom. The molecule has 0 aliphatic carbocycles. The molecule has 0 unspecified atom stereocenters. The van der Waals surface area contributed by atoms with Crippen LogP contribution in [0.2, 0.25) is 5.02 Å². The van der Waals surface area contributed by atoms with Crippen molar-refractivity contribution in [3.8, 4) is 0 Å². The molecule has 0 fully saturated rings. The van der Waals surface area contributed by atoms with Crippen LogP contribution in [0, 0.1) is 0 Å². The van der Waals surface area contributed by atoms with Gasteiger partial charge >= 0.3 is 5.97 Å². The standard InChI is InChI=1S/C18H16ClNO3S/c1-24-13-6-7-15(19)14(10-13)18(22)23-11-17(21)20-9-8-12-4-2-3-5-16(12)20/h2-7,10H,8-9,11H2,1H3. The van der Waals surface area contributed by atoms with Crippen LogP contribution in [0.25, 0.3) is 0 Å². The molecule has 6 heteroatoms. The van der Waals surface area contributed by atoms with Gasteiger partial charge in [0.1, 0.15) is 0 Å². The number of para-hydroxylation sites is 1. The van der Waals surface area contributed by atoms with Gasteiger partial charge in [0.15, 0.2) is 6.61 Å². The Kier molecular flexibility index (Phi) is 5.11. The predicted molar refractivity (Wildman–Crippen MR) is 96.0 cm³/mol. The maximum atomic E-state index is 12.4. The van der Waals surface area contributed by atoms with Crippen LogP contribution in [0.4, 0.5) is 5.69 Å². The molecule has 1 aliphatic heterocycles. The quantitative estimate of drug-likeness (QED) is 0.613. The highest BCUT2D eigenvalue weighted by Crippen LogP contribution is 2.28. The van der Waals surface area contributed by atoms with Crippen LogP contribution in [0.5, 0.6) is 0 Å². The number of thioether (sulfide) groups is 1. The van der Waals surface area contributed by atoms with Gasteiger partial charge in [0, 0.05) is 17.1 Å². The lowest BCUT2D eigenvalue weighted by molar-refractivity contribution is -0.121. The highest BCUT2D eigenvalue weighted by Gasteiger charge is 2.25. The highest BCUT2D eigenvalue weighted by molar-refractivity contribution is 7.98. The summed E-state index contributed by atoms with van der Waals surface area (Å²) in [7, 11) is 0. The first-order valence-electron chi connectivity index (χ1n) is 7.49. The van der Waals surface area contributed by atoms with E-state index in [4.69, 9.17) is 16.3 Å². The number of hydrogen-bond donors (Lipinski definition) is 0. The molecule has 4 nitrogen and oxygen atoms in total. The first kappa shape index (κ1) is 16.9. The monoisotopic (exact) mass is 361 g/mol. The first-order chi connectivity index (χ1) is 11.6. The Bertz CT molecular complexity index is 794. The van der Waals surface area contributed by atoms with Crippen LogP contribution in [-0.2, 0) is 16.0 Å². The molecular formula is C18H16ClNO3S. The van der Waals surface area contributed by atoms with E-state index >= 15 is 0 Å². The summed E-state index contributed by atoms with van der Waals surface area (Å²) < 4.78 is 5.17. The zero-order valence-electron chi connectivity index (χ0n) is 13.1. The number of anilines is 1. The van der Waals surface area contributed by atoms with E-state index in [1.54, 1.807) is 17.0 Å². The molecule has 0 radical (unpaired) electrons. The summed E-state index contributed by atoms with van der Waals surface area (Å²) in [5.41, 5.74) is 2.30. The summed E-state index contributed by atoms with van der Waals surface area (Å²) in [6.45, 7) is 0.311. The number of nitrogens with zero attached hydrogens (tertiary/aromatic N) is 1. The largest absolute Gasteiger partial charge is 0.452 e. The number of esters is 1. The summed E-state index contributed by atoms with van der Waals surface area (Å²) in [5, 5.41) is 0.316. The molecule has 3 rings (SSSR count). The number of ether oxygens (including phenoxy) is 1. The van der Waals surface area contributed by atoms with Gasteiger partial charge in [-0.15, -0.1) is 11.8 Å². The average molecular weight is 362 g/mol. The minimum Gasteiger partial charge on any atom is -0.452 e. The summed E-state index contributed by atoms with van der Waals surface area (Å²) in [4.78, 5) is 27.1. The molecule has 0 saturated heterocycles. The molecule has 0 aromatic heterocycles. The van der Waals surface area contributed by atoms with Crippen molar-refractivity contribution in [1.82, 2.24) is 0 Å². The SMILES string of the molecule is CSc1ccc(Cl)c(C(=O)OCC(=O)N2CCc3ccccc32)c1. The maximum absolute atomic E-state index is 12.4. The second-order valence-electron chi connectivity index (χ2n) is 5.35. The van der Waals surface area contributed by atoms with E-state index in [-0.39, 0.29) is 18.1 Å². The van der Waals surface area contributed by atoms with E-state index in [9.17, 15) is 9.59 Å². The summed E-state index contributed by atoms with van der Waals surface area (Å²) >= 11 is 7.56. The molecule has 1 heterocycles. The number of rotatable bonds is 4. The van der Waals surface area contributed by atoms with Gasteiger partial charge < -0.3 is 9.64 Å². The van der Waals surface area contributed by atoms with E-state index in [1.807, 2.05) is 36.6 Å². The van der Waals surface area contributed by atoms with Crippen molar-refractivity contribution >= 4 is 40.9 Å². The van der Waals surface area contributed by atoms with E-state index in [2.05, 4.69) is 0 Å². The van der Waals surface area contributed by atoms with Crippen molar-refractivity contribution in [2.75, 3.05) is 24.3 Å². The summed E-state index contributed by atoms with van der Waals surface area (Å²) in [5.74, 6) is -0.817. The predicted octanol–water partition coefficient (Wildman–Crippen LogP) is 3.81. The van der Waals surface area contributed by atoms with Crippen molar-refractivity contribution in [3.63, 3.8) is 0 Å². The summed E-state index contributed by atoms with van der Waals surface area (Å²) in [6, 6.07) is 12.9. The van der Waals surface area contributed by atoms with E-state index < -0.39 is 5.97 Å². The number of amides is 1. The second-order valence-corrected chi connectivity index (χ2v) is 6.63. The van der Waals surface area contributed by atoms with Crippen molar-refractivity contribution < 1.29 is 14.3 Å². The van der Waals surface area contributed by atoms with Gasteiger partial charge in [0.05, 0.1) is 10.6 Å². The molecule has 2 aromatic rings. The van der Waals surface area contributed by atoms with Crippen LogP contribution < -0.4 is 4.90 Å². The molecule has 1 aliphatic rings. The first-order valence-corrected chi connectivity index (χ1v) is 9.09. The smallest absolute Gasteiger partial charge is 0.340 e. The molecule has 24 heavy (non-hydrogen) atoms. The number of fused-ring (bicyclic) bond motifs is 1. The minimum atomic E-state index is -0.586. The Balaban J connectivity index is 1.66. The third-order valence-corrected chi connectivity index (χ3v) is 4.96. The van der Waals surface area contributed by atoms with Crippen molar-refractivity contribution in [2.24, 2.45) is 0 Å². The lowest BCUT2D eigenvalue weighted by atomic mass is 10.2. The topological polar surface area (TPSA) is 46.6 Å². The number of halogens is 1. The van der Waals surface area contributed by atoms with Gasteiger partial charge in [-0.05, 0) is 42.5 Å². The average Bonchev–Trinajstić information content (AvgIpc) is 3.04. The molecule has 0 atom stereocenters. The number of hydrogen-bond acceptors (Lipinski definition) is 4. The van der Waals surface area contributed by atoms with E-state index in [0.717, 1.165) is 22.6 Å². The van der Waals surface area contributed by atoms with Crippen LogP contribution in [-0.4, -0.2) is 31.3 Å². The lowest BCUT2D eigenvalue weighted by Gasteiger charge is -2.17. The van der Waals surface area contributed by atoms with Gasteiger partial charge in [0.2, 0.25) is 0 Å². The van der Waals surface area contributed by atoms with E-state index in [1.165, 1.54) is 11.8 Å². The van der Waals surface area contributed by atoms with Crippen molar-refractivity contribution in [2.45, 2.75) is 11.3 Å². The van der Waals surface area contributed by atoms with Gasteiger partial charge in [0.25, 0.3) is 5.91 Å². The second kappa shape index (κ2) is 7.28. The zero-order chi connectivity index (χ0) is 17.1. The Labute approximate surface area is 149 Å². The summed E-state index contributed by atoms with van der Waals surface area (Å²) in [6.07, 6.45) is 2.73. The number of benzene rings is 2. The van der Waals surface area contributed by atoms with Crippen LogP contribution >= 0.6 is 23.4 Å². The van der Waals surface area contributed by atoms with Gasteiger partial charge in [-0.2, -0.15) is 0 Å². The van der Waals surface area contributed by atoms with Crippen molar-refractivity contribution in [1.29, 1.82) is 0 Å². The highest BCUT2D eigenvalue weighted by atomic mass is 35.5. The molecule has 0 N–H and O–H groups in total. The third-order valence-electron chi connectivity index (χ3n) is 3.91. The fraction of sp³-hybridized carbons (Fsp3) is 0.222. The van der Waals surface area contributed by atoms with Crippen LogP contribution in [0.15, 0.2) is 47.4 Å². The minimum absolute atomic E-state index is 0.231. The molecule has 124 valence electrons. The fourth-order valence-electron chi connectivity index (χ4n) is 2.67. The number of carbonyl (C=O) groups is 2. The Hall–Kier alpha value is -1.98. The molecule has 0 bridgehead atoms. The third kappa shape index (κ3) is 3.42. The lowest BCUT2D eigenvalue weighted by Crippen LogP contribution is -2.33.